The van der Waals surface area contributed by atoms with Crippen LogP contribution >= 0.6 is 11.8 Å². The Labute approximate surface area is 110 Å². The molecule has 0 aliphatic carbocycles. The Balaban J connectivity index is 2.15. The molecule has 4 nitrogen and oxygen atoms in total. The summed E-state index contributed by atoms with van der Waals surface area (Å²) in [6.45, 7) is 1.94. The van der Waals surface area contributed by atoms with E-state index in [0.29, 0.717) is 11.3 Å². The molecule has 0 unspecified atom stereocenters. The Hall–Kier alpha value is -1.75. The van der Waals surface area contributed by atoms with E-state index in [-0.39, 0.29) is 0 Å². The average molecular weight is 262 g/mol. The Bertz CT molecular complexity index is 578. The first-order valence-corrected chi connectivity index (χ1v) is 6.51. The van der Waals surface area contributed by atoms with Crippen LogP contribution in [0.25, 0.3) is 0 Å². The number of benzene rings is 1. The predicted molar refractivity (Wildman–Crippen MR) is 70.9 cm³/mol. The van der Waals surface area contributed by atoms with Gasteiger partial charge in [0.05, 0.1) is 16.3 Å². The van der Waals surface area contributed by atoms with E-state index in [0.717, 1.165) is 16.3 Å². The van der Waals surface area contributed by atoms with Crippen molar-refractivity contribution >= 4 is 17.7 Å². The summed E-state index contributed by atoms with van der Waals surface area (Å²) >= 11 is 1.59. The molecule has 2 aromatic rings. The van der Waals surface area contributed by atoms with Gasteiger partial charge < -0.3 is 5.11 Å². The zero-order chi connectivity index (χ0) is 13.1. The largest absolute Gasteiger partial charge is 0.478 e. The summed E-state index contributed by atoms with van der Waals surface area (Å²) in [5.74, 6) is -0.256. The van der Waals surface area contributed by atoms with Gasteiger partial charge in [-0.25, -0.2) is 4.79 Å². The number of nitrogens with zero attached hydrogens (tertiary/aromatic N) is 2. The van der Waals surface area contributed by atoms with Crippen LogP contribution in [0.2, 0.25) is 0 Å². The first-order valence-electron chi connectivity index (χ1n) is 5.52. The second kappa shape index (κ2) is 5.27. The number of aryl methyl sites for hydroxylation is 2. The van der Waals surface area contributed by atoms with E-state index in [1.54, 1.807) is 23.9 Å². The fourth-order valence-electron chi connectivity index (χ4n) is 1.73. The van der Waals surface area contributed by atoms with E-state index in [4.69, 9.17) is 5.11 Å². The summed E-state index contributed by atoms with van der Waals surface area (Å²) in [6, 6.07) is 9.07. The van der Waals surface area contributed by atoms with Crippen molar-refractivity contribution in [3.63, 3.8) is 0 Å². The molecule has 0 aliphatic heterocycles. The average Bonchev–Trinajstić information content (AvgIpc) is 2.65. The maximum atomic E-state index is 11.1. The lowest BCUT2D eigenvalue weighted by Crippen LogP contribution is -2.01. The molecule has 5 heteroatoms. The number of hydrogen-bond donors (Lipinski definition) is 1. The quantitative estimate of drug-likeness (QED) is 0.861. The normalized spacial score (nSPS) is 10.6. The summed E-state index contributed by atoms with van der Waals surface area (Å²) in [7, 11) is 1.89. The Kier molecular flexibility index (Phi) is 3.72. The monoisotopic (exact) mass is 262 g/mol. The molecule has 0 amide bonds. The van der Waals surface area contributed by atoms with Crippen LogP contribution < -0.4 is 0 Å². The van der Waals surface area contributed by atoms with E-state index < -0.39 is 5.97 Å². The van der Waals surface area contributed by atoms with Crippen molar-refractivity contribution in [1.82, 2.24) is 9.78 Å². The van der Waals surface area contributed by atoms with Crippen LogP contribution in [0.5, 0.6) is 0 Å². The summed E-state index contributed by atoms with van der Waals surface area (Å²) in [5, 5.41) is 14.4. The number of carboxylic acid groups (broad SMARTS) is 1. The third-order valence-corrected chi connectivity index (χ3v) is 3.72. The first-order chi connectivity index (χ1) is 8.58. The molecular formula is C13H14N2O2S. The van der Waals surface area contributed by atoms with Crippen molar-refractivity contribution in [2.24, 2.45) is 7.05 Å². The van der Waals surface area contributed by atoms with Crippen molar-refractivity contribution < 1.29 is 9.90 Å². The molecule has 2 rings (SSSR count). The highest BCUT2D eigenvalue weighted by Crippen LogP contribution is 2.24. The standard InChI is InChI=1S/C13H14N2O2S/c1-9-7-12(15(2)14-9)18-8-10-5-3-4-6-11(10)13(16)17/h3-7H,8H2,1-2H3,(H,16,17). The minimum Gasteiger partial charge on any atom is -0.478 e. The van der Waals surface area contributed by atoms with Gasteiger partial charge in [-0.2, -0.15) is 5.10 Å². The summed E-state index contributed by atoms with van der Waals surface area (Å²) in [5.41, 5.74) is 2.16. The highest BCUT2D eigenvalue weighted by atomic mass is 32.2. The molecule has 0 radical (unpaired) electrons. The van der Waals surface area contributed by atoms with E-state index in [1.807, 2.05) is 36.9 Å². The van der Waals surface area contributed by atoms with Crippen LogP contribution in [0.1, 0.15) is 21.6 Å². The van der Waals surface area contributed by atoms with Gasteiger partial charge in [0.1, 0.15) is 0 Å². The first kappa shape index (κ1) is 12.7. The molecule has 0 atom stereocenters. The van der Waals surface area contributed by atoms with E-state index in [2.05, 4.69) is 5.10 Å². The van der Waals surface area contributed by atoms with Crippen molar-refractivity contribution in [2.75, 3.05) is 0 Å². The molecule has 0 saturated carbocycles. The fraction of sp³-hybridized carbons (Fsp3) is 0.231. The SMILES string of the molecule is Cc1cc(SCc2ccccc2C(=O)O)n(C)n1. The van der Waals surface area contributed by atoms with Crippen LogP contribution in [0.3, 0.4) is 0 Å². The number of carboxylic acids is 1. The van der Waals surface area contributed by atoms with E-state index in [9.17, 15) is 4.79 Å². The van der Waals surface area contributed by atoms with Gasteiger partial charge >= 0.3 is 5.97 Å². The van der Waals surface area contributed by atoms with Crippen LogP contribution in [-0.2, 0) is 12.8 Å². The highest BCUT2D eigenvalue weighted by Gasteiger charge is 2.10. The van der Waals surface area contributed by atoms with Crippen molar-refractivity contribution in [2.45, 2.75) is 17.7 Å². The fourth-order valence-corrected chi connectivity index (χ4v) is 2.77. The maximum absolute atomic E-state index is 11.1. The number of thioether (sulfide) groups is 1. The Morgan fingerprint density at radius 2 is 2.17 bits per heavy atom. The van der Waals surface area contributed by atoms with Crippen LogP contribution in [-0.4, -0.2) is 20.9 Å². The Morgan fingerprint density at radius 1 is 1.44 bits per heavy atom. The molecule has 1 aromatic heterocycles. The van der Waals surface area contributed by atoms with Gasteiger partial charge in [-0.05, 0) is 24.6 Å². The van der Waals surface area contributed by atoms with E-state index in [1.165, 1.54) is 0 Å². The van der Waals surface area contributed by atoms with Gasteiger partial charge in [0.25, 0.3) is 0 Å². The topological polar surface area (TPSA) is 55.1 Å². The minimum atomic E-state index is -0.882. The predicted octanol–water partition coefficient (Wildman–Crippen LogP) is 2.72. The zero-order valence-electron chi connectivity index (χ0n) is 10.3. The lowest BCUT2D eigenvalue weighted by atomic mass is 10.1. The number of carbonyl (C=O) groups is 1. The second-order valence-electron chi connectivity index (χ2n) is 4.00. The molecule has 1 aromatic carbocycles. The molecule has 94 valence electrons. The summed E-state index contributed by atoms with van der Waals surface area (Å²) in [4.78, 5) is 11.1. The molecule has 18 heavy (non-hydrogen) atoms. The van der Waals surface area contributed by atoms with Gasteiger partial charge in [0, 0.05) is 12.8 Å². The lowest BCUT2D eigenvalue weighted by Gasteiger charge is -2.05. The van der Waals surface area contributed by atoms with Gasteiger partial charge in [-0.3, -0.25) is 4.68 Å². The van der Waals surface area contributed by atoms with Crippen molar-refractivity contribution in [1.29, 1.82) is 0 Å². The van der Waals surface area contributed by atoms with Gasteiger partial charge in [-0.1, -0.05) is 18.2 Å². The maximum Gasteiger partial charge on any atom is 0.335 e. The summed E-state index contributed by atoms with van der Waals surface area (Å²) < 4.78 is 1.81. The number of aromatic nitrogens is 2. The summed E-state index contributed by atoms with van der Waals surface area (Å²) in [6.07, 6.45) is 0. The van der Waals surface area contributed by atoms with Crippen LogP contribution in [0.15, 0.2) is 35.4 Å². The molecule has 0 fully saturated rings. The smallest absolute Gasteiger partial charge is 0.335 e. The molecule has 0 bridgehead atoms. The van der Waals surface area contributed by atoms with Gasteiger partial charge in [0.15, 0.2) is 0 Å². The second-order valence-corrected chi connectivity index (χ2v) is 4.99. The van der Waals surface area contributed by atoms with Crippen LogP contribution in [0, 0.1) is 6.92 Å². The van der Waals surface area contributed by atoms with Gasteiger partial charge in [0.2, 0.25) is 0 Å². The highest BCUT2D eigenvalue weighted by molar-refractivity contribution is 7.98. The number of rotatable bonds is 4. The molecule has 0 spiro atoms. The van der Waals surface area contributed by atoms with Crippen LogP contribution in [0.4, 0.5) is 0 Å². The third-order valence-electron chi connectivity index (χ3n) is 2.58. The lowest BCUT2D eigenvalue weighted by molar-refractivity contribution is 0.0696. The molecule has 1 N–H and O–H groups in total. The third kappa shape index (κ3) is 2.73. The molecular weight excluding hydrogens is 248 g/mol. The van der Waals surface area contributed by atoms with Crippen molar-refractivity contribution in [3.05, 3.63) is 47.2 Å². The van der Waals surface area contributed by atoms with Crippen molar-refractivity contribution in [3.8, 4) is 0 Å². The minimum absolute atomic E-state index is 0.365. The molecule has 0 aliphatic rings. The number of hydrogen-bond acceptors (Lipinski definition) is 3. The number of aromatic carboxylic acids is 1. The van der Waals surface area contributed by atoms with E-state index >= 15 is 0 Å². The Morgan fingerprint density at radius 3 is 2.78 bits per heavy atom. The molecule has 0 saturated heterocycles. The zero-order valence-corrected chi connectivity index (χ0v) is 11.1. The van der Waals surface area contributed by atoms with Gasteiger partial charge in [-0.15, -0.1) is 11.8 Å². The molecule has 1 heterocycles.